The Morgan fingerprint density at radius 2 is 1.96 bits per heavy atom. The monoisotopic (exact) mass is 304 g/mol. The zero-order valence-corrected chi connectivity index (χ0v) is 13.2. The number of likely N-dealkylation sites (tertiary alicyclic amines) is 1. The molecule has 0 radical (unpaired) electrons. The Hall–Kier alpha value is -2.33. The molecule has 0 bridgehead atoms. The van der Waals surface area contributed by atoms with Gasteiger partial charge in [-0.3, -0.25) is 0 Å². The Morgan fingerprint density at radius 1 is 1.04 bits per heavy atom. The first-order valence-electron chi connectivity index (χ1n) is 8.27. The average Bonchev–Trinajstić information content (AvgIpc) is 3.18. The van der Waals surface area contributed by atoms with Gasteiger partial charge in [0.05, 0.1) is 0 Å². The van der Waals surface area contributed by atoms with E-state index in [1.165, 1.54) is 28.6 Å². The maximum atomic E-state index is 4.73. The minimum atomic E-state index is 0.729. The maximum absolute atomic E-state index is 4.73. The van der Waals surface area contributed by atoms with Crippen LogP contribution in [0.1, 0.15) is 0 Å². The van der Waals surface area contributed by atoms with Crippen molar-refractivity contribution in [3.05, 3.63) is 48.8 Å². The Morgan fingerprint density at radius 3 is 2.74 bits per heavy atom. The van der Waals surface area contributed by atoms with Crippen LogP contribution in [0.3, 0.4) is 0 Å². The summed E-state index contributed by atoms with van der Waals surface area (Å²) < 4.78 is 0. The summed E-state index contributed by atoms with van der Waals surface area (Å²) in [5.41, 5.74) is 3.57. The number of aromatic amines is 1. The predicted molar refractivity (Wildman–Crippen MR) is 93.7 cm³/mol. The highest BCUT2D eigenvalue weighted by Gasteiger charge is 2.43. The zero-order chi connectivity index (χ0) is 15.4. The zero-order valence-electron chi connectivity index (χ0n) is 13.2. The lowest BCUT2D eigenvalue weighted by molar-refractivity contribution is 0.0827. The van der Waals surface area contributed by atoms with E-state index < -0.39 is 0 Å². The van der Waals surface area contributed by atoms with Crippen molar-refractivity contribution in [3.63, 3.8) is 0 Å². The third-order valence-corrected chi connectivity index (χ3v) is 5.45. The molecule has 2 saturated heterocycles. The first kappa shape index (κ1) is 13.1. The van der Waals surface area contributed by atoms with Crippen LogP contribution in [0, 0.1) is 5.92 Å². The van der Waals surface area contributed by atoms with Gasteiger partial charge in [-0.1, -0.05) is 6.07 Å². The Kier molecular flexibility index (Phi) is 2.76. The molecule has 2 aromatic heterocycles. The van der Waals surface area contributed by atoms with Crippen LogP contribution in [-0.2, 0) is 0 Å². The summed E-state index contributed by atoms with van der Waals surface area (Å²) in [7, 11) is 2.22. The van der Waals surface area contributed by atoms with Gasteiger partial charge in [-0.15, -0.1) is 0 Å². The van der Waals surface area contributed by atoms with Crippen molar-refractivity contribution < 1.29 is 0 Å². The number of H-pyrrole nitrogens is 1. The molecule has 23 heavy (non-hydrogen) atoms. The van der Waals surface area contributed by atoms with E-state index in [0.29, 0.717) is 0 Å². The minimum absolute atomic E-state index is 0.729. The van der Waals surface area contributed by atoms with Crippen LogP contribution in [-0.4, -0.2) is 47.6 Å². The van der Waals surface area contributed by atoms with Crippen molar-refractivity contribution in [1.29, 1.82) is 0 Å². The number of hydrogen-bond donors (Lipinski definition) is 1. The van der Waals surface area contributed by atoms with Crippen LogP contribution in [0.5, 0.6) is 0 Å². The number of rotatable bonds is 2. The van der Waals surface area contributed by atoms with Crippen LogP contribution in [0.4, 0.5) is 5.82 Å². The van der Waals surface area contributed by atoms with Crippen molar-refractivity contribution >= 4 is 16.7 Å². The Labute approximate surface area is 135 Å². The van der Waals surface area contributed by atoms with Gasteiger partial charge in [-0.2, -0.15) is 0 Å². The molecule has 2 unspecified atom stereocenters. The molecule has 4 heteroatoms. The molecule has 0 aliphatic carbocycles. The molecular formula is C19H20N4. The molecule has 0 amide bonds. The van der Waals surface area contributed by atoms with Gasteiger partial charge >= 0.3 is 0 Å². The molecule has 0 spiro atoms. The normalized spacial score (nSPS) is 24.0. The van der Waals surface area contributed by atoms with Gasteiger partial charge in [-0.05, 0) is 48.3 Å². The minimum Gasteiger partial charge on any atom is -0.361 e. The van der Waals surface area contributed by atoms with E-state index in [-0.39, 0.29) is 0 Å². The first-order chi connectivity index (χ1) is 11.3. The van der Waals surface area contributed by atoms with Crippen molar-refractivity contribution in [3.8, 4) is 11.1 Å². The molecule has 2 aliphatic rings. The number of fused-ring (bicyclic) bond motifs is 2. The molecule has 2 atom stereocenters. The fraction of sp³-hybridized carbons (Fsp3) is 0.316. The van der Waals surface area contributed by atoms with Gasteiger partial charge in [0.15, 0.2) is 0 Å². The highest BCUT2D eigenvalue weighted by atomic mass is 15.3. The standard InChI is InChI=1S/C19H20N4/c1-22-10-16-11-23(12-18(16)22)19-5-3-15(9-21-19)13-2-4-17-14(8-13)6-7-20-17/h2-9,16,18,20H,10-12H2,1H3. The number of benzene rings is 1. The predicted octanol–water partition coefficient (Wildman–Crippen LogP) is 2.98. The van der Waals surface area contributed by atoms with Crippen molar-refractivity contribution in [1.82, 2.24) is 14.9 Å². The van der Waals surface area contributed by atoms with Gasteiger partial charge in [-0.25, -0.2) is 4.98 Å². The second kappa shape index (κ2) is 4.83. The topological polar surface area (TPSA) is 35.2 Å². The van der Waals surface area contributed by atoms with E-state index >= 15 is 0 Å². The number of likely N-dealkylation sites (N-methyl/N-ethyl adjacent to an activating group) is 1. The summed E-state index contributed by atoms with van der Waals surface area (Å²) in [5.74, 6) is 1.94. The number of nitrogens with one attached hydrogen (secondary N) is 1. The molecule has 4 nitrogen and oxygen atoms in total. The van der Waals surface area contributed by atoms with Gasteiger partial charge in [0, 0.05) is 55.1 Å². The fourth-order valence-corrected chi connectivity index (χ4v) is 4.06. The molecule has 0 saturated carbocycles. The fourth-order valence-electron chi connectivity index (χ4n) is 4.06. The number of pyridine rings is 1. The molecule has 2 aliphatic heterocycles. The summed E-state index contributed by atoms with van der Waals surface area (Å²) in [6.45, 7) is 3.50. The second-order valence-corrected chi connectivity index (χ2v) is 6.86. The number of anilines is 1. The lowest BCUT2D eigenvalue weighted by Gasteiger charge is -2.40. The number of nitrogens with zero attached hydrogens (tertiary/aromatic N) is 3. The van der Waals surface area contributed by atoms with Crippen LogP contribution in [0.25, 0.3) is 22.0 Å². The second-order valence-electron chi connectivity index (χ2n) is 6.86. The molecule has 2 fully saturated rings. The van der Waals surface area contributed by atoms with Gasteiger partial charge in [0.25, 0.3) is 0 Å². The van der Waals surface area contributed by atoms with E-state index in [1.807, 2.05) is 12.4 Å². The molecule has 1 N–H and O–H groups in total. The van der Waals surface area contributed by atoms with Crippen LogP contribution in [0.2, 0.25) is 0 Å². The van der Waals surface area contributed by atoms with E-state index in [2.05, 4.69) is 58.2 Å². The summed E-state index contributed by atoms with van der Waals surface area (Å²) in [6.07, 6.45) is 3.99. The van der Waals surface area contributed by atoms with E-state index in [0.717, 1.165) is 30.9 Å². The van der Waals surface area contributed by atoms with Crippen molar-refractivity contribution in [2.75, 3.05) is 31.6 Å². The SMILES string of the molecule is CN1CC2CN(c3ccc(-c4ccc5[nH]ccc5c4)cn3)CC21. The van der Waals surface area contributed by atoms with Crippen LogP contribution >= 0.6 is 0 Å². The number of aromatic nitrogens is 2. The highest BCUT2D eigenvalue weighted by Crippen LogP contribution is 2.33. The summed E-state index contributed by atoms with van der Waals surface area (Å²) in [6, 6.07) is 13.7. The van der Waals surface area contributed by atoms with Crippen LogP contribution in [0.15, 0.2) is 48.8 Å². The third-order valence-electron chi connectivity index (χ3n) is 5.45. The Bertz CT molecular complexity index is 851. The van der Waals surface area contributed by atoms with Gasteiger partial charge < -0.3 is 14.8 Å². The number of hydrogen-bond acceptors (Lipinski definition) is 3. The van der Waals surface area contributed by atoms with Crippen LogP contribution < -0.4 is 4.90 Å². The van der Waals surface area contributed by atoms with E-state index in [4.69, 9.17) is 4.98 Å². The lowest BCUT2D eigenvalue weighted by atomic mass is 9.93. The van der Waals surface area contributed by atoms with Crippen molar-refractivity contribution in [2.24, 2.45) is 5.92 Å². The van der Waals surface area contributed by atoms with E-state index in [9.17, 15) is 0 Å². The third kappa shape index (κ3) is 2.05. The average molecular weight is 304 g/mol. The Balaban J connectivity index is 1.41. The summed E-state index contributed by atoms with van der Waals surface area (Å²) in [4.78, 5) is 12.8. The lowest BCUT2D eigenvalue weighted by Crippen LogP contribution is -2.52. The smallest absolute Gasteiger partial charge is 0.128 e. The molecule has 4 heterocycles. The molecule has 1 aromatic carbocycles. The first-order valence-corrected chi connectivity index (χ1v) is 8.27. The molecular weight excluding hydrogens is 284 g/mol. The summed E-state index contributed by atoms with van der Waals surface area (Å²) >= 11 is 0. The van der Waals surface area contributed by atoms with E-state index in [1.54, 1.807) is 0 Å². The largest absolute Gasteiger partial charge is 0.361 e. The van der Waals surface area contributed by atoms with Gasteiger partial charge in [0.2, 0.25) is 0 Å². The highest BCUT2D eigenvalue weighted by molar-refractivity contribution is 5.84. The molecule has 116 valence electrons. The molecule has 5 rings (SSSR count). The quantitative estimate of drug-likeness (QED) is 0.790. The van der Waals surface area contributed by atoms with Crippen molar-refractivity contribution in [2.45, 2.75) is 6.04 Å². The molecule has 3 aromatic rings. The maximum Gasteiger partial charge on any atom is 0.128 e. The summed E-state index contributed by atoms with van der Waals surface area (Å²) in [5, 5.41) is 1.24. The van der Waals surface area contributed by atoms with Gasteiger partial charge in [0.1, 0.15) is 5.82 Å².